The number of hydrogen-bond acceptors (Lipinski definition) is 1. The monoisotopic (exact) mass is 191 g/mol. The van der Waals surface area contributed by atoms with E-state index in [0.29, 0.717) is 5.92 Å². The van der Waals surface area contributed by atoms with Crippen LogP contribution in [0.3, 0.4) is 0 Å². The second-order valence-corrected chi connectivity index (χ2v) is 3.78. The molecule has 76 valence electrons. The van der Waals surface area contributed by atoms with E-state index in [-0.39, 0.29) is 0 Å². The summed E-state index contributed by atoms with van der Waals surface area (Å²) in [5.74, 6) is 0.433. The number of hydrogen-bond donors (Lipinski definition) is 0. The number of nitrogens with zero attached hydrogens (tertiary/aromatic N) is 1. The van der Waals surface area contributed by atoms with Gasteiger partial charge in [0, 0.05) is 23.5 Å². The maximum atomic E-state index is 10.8. The average molecular weight is 191 g/mol. The zero-order valence-electron chi connectivity index (χ0n) is 9.08. The fourth-order valence-corrected chi connectivity index (χ4v) is 1.66. The van der Waals surface area contributed by atoms with E-state index in [4.69, 9.17) is 0 Å². The molecule has 2 nitrogen and oxygen atoms in total. The lowest BCUT2D eigenvalue weighted by atomic mass is 10.1. The summed E-state index contributed by atoms with van der Waals surface area (Å²) in [5, 5.41) is 0. The lowest BCUT2D eigenvalue weighted by molar-refractivity contribution is 0.112. The van der Waals surface area contributed by atoms with E-state index in [1.165, 1.54) is 5.69 Å². The van der Waals surface area contributed by atoms with E-state index < -0.39 is 0 Å². The van der Waals surface area contributed by atoms with Gasteiger partial charge in [-0.2, -0.15) is 0 Å². The number of aldehydes is 1. The first-order valence-electron chi connectivity index (χ1n) is 4.88. The molecular weight excluding hydrogens is 174 g/mol. The maximum Gasteiger partial charge on any atom is 0.151 e. The summed E-state index contributed by atoms with van der Waals surface area (Å²) >= 11 is 0. The minimum atomic E-state index is 0.433. The molecule has 0 saturated carbocycles. The van der Waals surface area contributed by atoms with Crippen LogP contribution in [0.25, 0.3) is 0 Å². The smallest absolute Gasteiger partial charge is 0.151 e. The standard InChI is InChI=1S/C12H17NO/c1-5-6-13-10(4)11(8-14)7-12(13)9(2)3/h5,7-9H,1,6H2,2-4H3. The van der Waals surface area contributed by atoms with Gasteiger partial charge in [0.05, 0.1) is 0 Å². The van der Waals surface area contributed by atoms with Gasteiger partial charge in [0.1, 0.15) is 0 Å². The second-order valence-electron chi connectivity index (χ2n) is 3.78. The SMILES string of the molecule is C=CCn1c(C(C)C)cc(C=O)c1C. The Balaban J connectivity index is 3.26. The van der Waals surface area contributed by atoms with Crippen molar-refractivity contribution in [3.63, 3.8) is 0 Å². The van der Waals surface area contributed by atoms with Gasteiger partial charge in [-0.1, -0.05) is 19.9 Å². The van der Waals surface area contributed by atoms with Crippen LogP contribution in [0.5, 0.6) is 0 Å². The fraction of sp³-hybridized carbons (Fsp3) is 0.417. The molecule has 0 saturated heterocycles. The zero-order valence-corrected chi connectivity index (χ0v) is 9.08. The minimum Gasteiger partial charge on any atom is -0.344 e. The van der Waals surface area contributed by atoms with E-state index in [0.717, 1.165) is 24.1 Å². The summed E-state index contributed by atoms with van der Waals surface area (Å²) < 4.78 is 2.14. The number of carbonyl (C=O) groups excluding carboxylic acids is 1. The quantitative estimate of drug-likeness (QED) is 0.530. The highest BCUT2D eigenvalue weighted by molar-refractivity contribution is 5.77. The van der Waals surface area contributed by atoms with Crippen molar-refractivity contribution in [1.82, 2.24) is 4.57 Å². The van der Waals surface area contributed by atoms with E-state index in [1.807, 2.05) is 19.1 Å². The van der Waals surface area contributed by atoms with Gasteiger partial charge in [0.15, 0.2) is 6.29 Å². The van der Waals surface area contributed by atoms with Crippen molar-refractivity contribution in [3.05, 3.63) is 35.7 Å². The molecule has 0 radical (unpaired) electrons. The Hall–Kier alpha value is -1.31. The number of rotatable bonds is 4. The summed E-state index contributed by atoms with van der Waals surface area (Å²) in [6, 6.07) is 1.97. The molecule has 1 rings (SSSR count). The summed E-state index contributed by atoms with van der Waals surface area (Å²) in [7, 11) is 0. The molecule has 0 amide bonds. The van der Waals surface area contributed by atoms with E-state index >= 15 is 0 Å². The van der Waals surface area contributed by atoms with Gasteiger partial charge in [-0.15, -0.1) is 6.58 Å². The Morgan fingerprint density at radius 2 is 2.21 bits per heavy atom. The Morgan fingerprint density at radius 1 is 1.57 bits per heavy atom. The molecule has 0 unspecified atom stereocenters. The van der Waals surface area contributed by atoms with Crippen LogP contribution >= 0.6 is 0 Å². The number of carbonyl (C=O) groups is 1. The molecule has 0 N–H and O–H groups in total. The third-order valence-electron chi connectivity index (χ3n) is 2.47. The first-order chi connectivity index (χ1) is 6.61. The highest BCUT2D eigenvalue weighted by Crippen LogP contribution is 2.21. The van der Waals surface area contributed by atoms with Crippen LogP contribution in [0.15, 0.2) is 18.7 Å². The molecule has 0 bridgehead atoms. The second kappa shape index (κ2) is 4.27. The molecule has 14 heavy (non-hydrogen) atoms. The molecular formula is C12H17NO. The molecule has 1 heterocycles. The molecule has 1 aromatic rings. The average Bonchev–Trinajstić information content (AvgIpc) is 2.45. The number of aromatic nitrogens is 1. The van der Waals surface area contributed by atoms with E-state index in [2.05, 4.69) is 25.0 Å². The van der Waals surface area contributed by atoms with Crippen LogP contribution in [0, 0.1) is 6.92 Å². The lowest BCUT2D eigenvalue weighted by Gasteiger charge is -2.11. The Kier molecular flexibility index (Phi) is 3.28. The third kappa shape index (κ3) is 1.79. The number of allylic oxidation sites excluding steroid dienone is 1. The molecule has 0 aromatic carbocycles. The topological polar surface area (TPSA) is 22.0 Å². The Labute approximate surface area is 85.2 Å². The Morgan fingerprint density at radius 3 is 2.64 bits per heavy atom. The van der Waals surface area contributed by atoms with Gasteiger partial charge in [-0.25, -0.2) is 0 Å². The van der Waals surface area contributed by atoms with Crippen LogP contribution in [-0.4, -0.2) is 10.9 Å². The van der Waals surface area contributed by atoms with Crippen molar-refractivity contribution < 1.29 is 4.79 Å². The van der Waals surface area contributed by atoms with E-state index in [1.54, 1.807) is 0 Å². The largest absolute Gasteiger partial charge is 0.344 e. The molecule has 0 spiro atoms. The first-order valence-corrected chi connectivity index (χ1v) is 4.88. The van der Waals surface area contributed by atoms with Crippen LogP contribution in [0.1, 0.15) is 41.5 Å². The third-order valence-corrected chi connectivity index (χ3v) is 2.47. The summed E-state index contributed by atoms with van der Waals surface area (Å²) in [5.41, 5.74) is 3.02. The predicted molar refractivity (Wildman–Crippen MR) is 58.8 cm³/mol. The molecule has 0 aliphatic rings. The van der Waals surface area contributed by atoms with Crippen molar-refractivity contribution >= 4 is 6.29 Å². The first kappa shape index (κ1) is 10.8. The molecule has 2 heteroatoms. The fourth-order valence-electron chi connectivity index (χ4n) is 1.66. The van der Waals surface area contributed by atoms with Crippen LogP contribution < -0.4 is 0 Å². The highest BCUT2D eigenvalue weighted by atomic mass is 16.1. The zero-order chi connectivity index (χ0) is 10.7. The Bertz CT molecular complexity index is 347. The normalized spacial score (nSPS) is 10.6. The molecule has 1 aromatic heterocycles. The molecule has 0 atom stereocenters. The molecule has 0 aliphatic heterocycles. The van der Waals surface area contributed by atoms with Crippen molar-refractivity contribution in [3.8, 4) is 0 Å². The summed E-state index contributed by atoms with van der Waals surface area (Å²) in [4.78, 5) is 10.8. The molecule has 0 fully saturated rings. The van der Waals surface area contributed by atoms with Gasteiger partial charge >= 0.3 is 0 Å². The molecule has 0 aliphatic carbocycles. The van der Waals surface area contributed by atoms with Crippen molar-refractivity contribution in [2.45, 2.75) is 33.2 Å². The summed E-state index contributed by atoms with van der Waals surface area (Å²) in [6.45, 7) is 10.7. The minimum absolute atomic E-state index is 0.433. The van der Waals surface area contributed by atoms with Gasteiger partial charge in [0.2, 0.25) is 0 Å². The summed E-state index contributed by atoms with van der Waals surface area (Å²) in [6.07, 6.45) is 2.77. The van der Waals surface area contributed by atoms with Crippen molar-refractivity contribution in [1.29, 1.82) is 0 Å². The highest BCUT2D eigenvalue weighted by Gasteiger charge is 2.12. The van der Waals surface area contributed by atoms with E-state index in [9.17, 15) is 4.79 Å². The van der Waals surface area contributed by atoms with Gasteiger partial charge in [-0.05, 0) is 18.9 Å². The van der Waals surface area contributed by atoms with Gasteiger partial charge < -0.3 is 4.57 Å². The maximum absolute atomic E-state index is 10.8. The predicted octanol–water partition coefficient (Wildman–Crippen LogP) is 2.92. The van der Waals surface area contributed by atoms with Crippen molar-refractivity contribution in [2.75, 3.05) is 0 Å². The van der Waals surface area contributed by atoms with Crippen LogP contribution in [0.4, 0.5) is 0 Å². The van der Waals surface area contributed by atoms with Gasteiger partial charge in [0.25, 0.3) is 0 Å². The lowest BCUT2D eigenvalue weighted by Crippen LogP contribution is -2.04. The van der Waals surface area contributed by atoms with Gasteiger partial charge in [-0.3, -0.25) is 4.79 Å². The van der Waals surface area contributed by atoms with Crippen LogP contribution in [0.2, 0.25) is 0 Å². The van der Waals surface area contributed by atoms with Crippen molar-refractivity contribution in [2.24, 2.45) is 0 Å². The van der Waals surface area contributed by atoms with Crippen LogP contribution in [-0.2, 0) is 6.54 Å².